The average Bonchev–Trinajstić information content (AvgIpc) is 2.28. The Morgan fingerprint density at radius 1 is 1.24 bits per heavy atom. The number of carbonyl (C=O) groups is 3. The number of carbonyl (C=O) groups excluding carboxylic acids is 3. The summed E-state index contributed by atoms with van der Waals surface area (Å²) >= 11 is 0. The van der Waals surface area contributed by atoms with E-state index in [1.54, 1.807) is 6.92 Å². The molecule has 0 atom stereocenters. The highest BCUT2D eigenvalue weighted by Gasteiger charge is 2.27. The summed E-state index contributed by atoms with van der Waals surface area (Å²) in [5.74, 6) is -1.45. The standard InChI is InChI=1S/C10H10N4O3/c1-6-2-12-7(3-11-6)10(17)14-4-8(15)13-9(16)5-14/h2-3H,4-5H2,1H3,(H,13,15,16). The maximum atomic E-state index is 11.9. The smallest absolute Gasteiger partial charge is 0.274 e. The zero-order valence-electron chi connectivity index (χ0n) is 9.14. The minimum absolute atomic E-state index is 0.123. The highest BCUT2D eigenvalue weighted by Crippen LogP contribution is 2.03. The summed E-state index contributed by atoms with van der Waals surface area (Å²) in [5.41, 5.74) is 0.812. The molecule has 0 bridgehead atoms. The van der Waals surface area contributed by atoms with Gasteiger partial charge in [0, 0.05) is 6.20 Å². The van der Waals surface area contributed by atoms with Crippen LogP contribution in [0.5, 0.6) is 0 Å². The highest BCUT2D eigenvalue weighted by molar-refractivity contribution is 6.05. The van der Waals surface area contributed by atoms with Crippen molar-refractivity contribution in [1.29, 1.82) is 0 Å². The van der Waals surface area contributed by atoms with Gasteiger partial charge in [0.1, 0.15) is 18.8 Å². The van der Waals surface area contributed by atoms with Gasteiger partial charge in [0.25, 0.3) is 5.91 Å². The summed E-state index contributed by atoms with van der Waals surface area (Å²) in [7, 11) is 0. The number of hydrogen-bond acceptors (Lipinski definition) is 5. The molecule has 1 aromatic rings. The molecule has 0 saturated carbocycles. The predicted octanol–water partition coefficient (Wildman–Crippen LogP) is -1.12. The van der Waals surface area contributed by atoms with Crippen molar-refractivity contribution in [1.82, 2.24) is 20.2 Å². The van der Waals surface area contributed by atoms with Crippen LogP contribution in [0.1, 0.15) is 16.2 Å². The summed E-state index contributed by atoms with van der Waals surface area (Å²) in [6, 6.07) is 0. The largest absolute Gasteiger partial charge is 0.319 e. The van der Waals surface area contributed by atoms with Crippen molar-refractivity contribution in [2.24, 2.45) is 0 Å². The third kappa shape index (κ3) is 2.44. The van der Waals surface area contributed by atoms with E-state index in [0.717, 1.165) is 4.90 Å². The van der Waals surface area contributed by atoms with E-state index in [4.69, 9.17) is 0 Å². The topological polar surface area (TPSA) is 92.3 Å². The second kappa shape index (κ2) is 4.28. The summed E-state index contributed by atoms with van der Waals surface area (Å²) < 4.78 is 0. The molecule has 1 aliphatic rings. The molecule has 0 aliphatic carbocycles. The number of piperazine rings is 1. The fraction of sp³-hybridized carbons (Fsp3) is 0.300. The van der Waals surface area contributed by atoms with Crippen LogP contribution in [-0.2, 0) is 9.59 Å². The molecule has 1 aromatic heterocycles. The second-order valence-electron chi connectivity index (χ2n) is 3.68. The van der Waals surface area contributed by atoms with Crippen molar-refractivity contribution in [3.8, 4) is 0 Å². The molecule has 17 heavy (non-hydrogen) atoms. The Balaban J connectivity index is 2.17. The van der Waals surface area contributed by atoms with Crippen LogP contribution in [0.3, 0.4) is 0 Å². The Hall–Kier alpha value is -2.31. The molecule has 1 N–H and O–H groups in total. The monoisotopic (exact) mass is 234 g/mol. The van der Waals surface area contributed by atoms with E-state index in [1.807, 2.05) is 0 Å². The fourth-order valence-electron chi connectivity index (χ4n) is 1.45. The van der Waals surface area contributed by atoms with Gasteiger partial charge >= 0.3 is 0 Å². The molecule has 2 heterocycles. The zero-order chi connectivity index (χ0) is 12.4. The van der Waals surface area contributed by atoms with Crippen LogP contribution in [0.15, 0.2) is 12.4 Å². The molecule has 0 radical (unpaired) electrons. The molecule has 88 valence electrons. The fourth-order valence-corrected chi connectivity index (χ4v) is 1.45. The molecule has 2 rings (SSSR count). The van der Waals surface area contributed by atoms with Gasteiger partial charge in [-0.1, -0.05) is 0 Å². The second-order valence-corrected chi connectivity index (χ2v) is 3.68. The molecule has 3 amide bonds. The Labute approximate surface area is 96.8 Å². The number of hydrogen-bond donors (Lipinski definition) is 1. The average molecular weight is 234 g/mol. The van der Waals surface area contributed by atoms with Gasteiger partial charge in [0.05, 0.1) is 11.9 Å². The Morgan fingerprint density at radius 3 is 2.41 bits per heavy atom. The molecular formula is C10H10N4O3. The van der Waals surface area contributed by atoms with Crippen LogP contribution in [0, 0.1) is 6.92 Å². The van der Waals surface area contributed by atoms with Crippen molar-refractivity contribution in [3.05, 3.63) is 23.8 Å². The minimum Gasteiger partial charge on any atom is -0.319 e. The molecule has 7 heteroatoms. The maximum absolute atomic E-state index is 11.9. The van der Waals surface area contributed by atoms with Crippen LogP contribution < -0.4 is 5.32 Å². The third-order valence-electron chi connectivity index (χ3n) is 2.24. The molecule has 1 saturated heterocycles. The first-order valence-corrected chi connectivity index (χ1v) is 4.97. The van der Waals surface area contributed by atoms with E-state index in [2.05, 4.69) is 15.3 Å². The van der Waals surface area contributed by atoms with Crippen LogP contribution in [0.2, 0.25) is 0 Å². The number of nitrogens with one attached hydrogen (secondary N) is 1. The molecule has 7 nitrogen and oxygen atoms in total. The molecule has 1 aliphatic heterocycles. The van der Waals surface area contributed by atoms with Crippen molar-refractivity contribution in [3.63, 3.8) is 0 Å². The van der Waals surface area contributed by atoms with Gasteiger partial charge in [-0.05, 0) is 6.92 Å². The van der Waals surface area contributed by atoms with E-state index in [-0.39, 0.29) is 18.8 Å². The van der Waals surface area contributed by atoms with Crippen molar-refractivity contribution >= 4 is 17.7 Å². The summed E-state index contributed by atoms with van der Waals surface area (Å²) in [4.78, 5) is 43.1. The van der Waals surface area contributed by atoms with E-state index in [0.29, 0.717) is 5.69 Å². The zero-order valence-corrected chi connectivity index (χ0v) is 9.14. The minimum atomic E-state index is -0.491. The van der Waals surface area contributed by atoms with Crippen molar-refractivity contribution in [2.45, 2.75) is 6.92 Å². The predicted molar refractivity (Wildman–Crippen MR) is 55.8 cm³/mol. The van der Waals surface area contributed by atoms with Gasteiger partial charge in [-0.3, -0.25) is 24.7 Å². The van der Waals surface area contributed by atoms with Crippen LogP contribution in [0.25, 0.3) is 0 Å². The summed E-state index contributed by atoms with van der Waals surface area (Å²) in [5, 5.41) is 2.12. The number of nitrogens with zero attached hydrogens (tertiary/aromatic N) is 3. The summed E-state index contributed by atoms with van der Waals surface area (Å²) in [6.45, 7) is 1.47. The first-order chi connectivity index (χ1) is 8.06. The molecule has 0 spiro atoms. The van der Waals surface area contributed by atoms with E-state index < -0.39 is 17.7 Å². The van der Waals surface area contributed by atoms with E-state index in [1.165, 1.54) is 12.4 Å². The lowest BCUT2D eigenvalue weighted by Gasteiger charge is -2.24. The van der Waals surface area contributed by atoms with E-state index in [9.17, 15) is 14.4 Å². The SMILES string of the molecule is Cc1cnc(C(=O)N2CC(=O)NC(=O)C2)cn1. The Morgan fingerprint density at radius 2 is 1.88 bits per heavy atom. The Bertz CT molecular complexity index is 467. The van der Waals surface area contributed by atoms with E-state index >= 15 is 0 Å². The molecule has 0 aromatic carbocycles. The lowest BCUT2D eigenvalue weighted by molar-refractivity contribution is -0.135. The van der Waals surface area contributed by atoms with Crippen LogP contribution in [0.4, 0.5) is 0 Å². The first-order valence-electron chi connectivity index (χ1n) is 4.97. The van der Waals surface area contributed by atoms with Gasteiger partial charge in [-0.25, -0.2) is 4.98 Å². The van der Waals surface area contributed by atoms with Gasteiger partial charge in [0.2, 0.25) is 11.8 Å². The molecule has 0 unspecified atom stereocenters. The normalized spacial score (nSPS) is 15.7. The molecular weight excluding hydrogens is 224 g/mol. The lowest BCUT2D eigenvalue weighted by Crippen LogP contribution is -2.53. The number of rotatable bonds is 1. The number of imide groups is 1. The van der Waals surface area contributed by atoms with Crippen LogP contribution in [-0.4, -0.2) is 45.7 Å². The van der Waals surface area contributed by atoms with Gasteiger partial charge in [-0.15, -0.1) is 0 Å². The van der Waals surface area contributed by atoms with Gasteiger partial charge in [-0.2, -0.15) is 0 Å². The third-order valence-corrected chi connectivity index (χ3v) is 2.24. The molecule has 1 fully saturated rings. The number of aryl methyl sites for hydroxylation is 1. The van der Waals surface area contributed by atoms with Gasteiger partial charge < -0.3 is 4.90 Å². The number of aromatic nitrogens is 2. The van der Waals surface area contributed by atoms with Crippen molar-refractivity contribution < 1.29 is 14.4 Å². The Kier molecular flexibility index (Phi) is 2.82. The maximum Gasteiger partial charge on any atom is 0.274 e. The summed E-state index contributed by atoms with van der Waals surface area (Å²) in [6.07, 6.45) is 2.79. The highest BCUT2D eigenvalue weighted by atomic mass is 16.2. The quantitative estimate of drug-likeness (QED) is 0.621. The number of amides is 3. The van der Waals surface area contributed by atoms with Gasteiger partial charge in [0.15, 0.2) is 0 Å². The van der Waals surface area contributed by atoms with Crippen LogP contribution >= 0.6 is 0 Å². The first kappa shape index (κ1) is 11.2. The lowest BCUT2D eigenvalue weighted by atomic mass is 10.3. The van der Waals surface area contributed by atoms with Crippen molar-refractivity contribution in [2.75, 3.05) is 13.1 Å².